The lowest BCUT2D eigenvalue weighted by Crippen LogP contribution is -2.33. The Hall–Kier alpha value is -4.03. The SMILES string of the molecule is COc1ccc2ncc(F)c(CNCC[C@@H](O)C3CN(c4ccc5c(c4)NC(=O)CO5)C(=O)O3)c2n1. The molecule has 1 aromatic carbocycles. The van der Waals surface area contributed by atoms with E-state index >= 15 is 0 Å². The fourth-order valence-electron chi connectivity index (χ4n) is 4.14. The van der Waals surface area contributed by atoms with Gasteiger partial charge >= 0.3 is 6.09 Å². The highest BCUT2D eigenvalue weighted by molar-refractivity contribution is 5.97. The van der Waals surface area contributed by atoms with Crippen LogP contribution >= 0.6 is 0 Å². The standard InChI is InChI=1S/C24H24FN5O6/c1-34-22-5-3-16-23(29-22)14(15(25)10-27-16)9-26-7-6-18(31)20-11-30(24(33)36-20)13-2-4-19-17(8-13)28-21(32)12-35-19/h2-5,8,10,18,20,26,31H,6-7,9,11-12H2,1H3,(H,28,32)/t18-,20?/m1/s1. The van der Waals surface area contributed by atoms with Crippen molar-refractivity contribution in [2.75, 3.05) is 37.0 Å². The normalized spacial score (nSPS) is 17.9. The molecule has 0 radical (unpaired) electrons. The van der Waals surface area contributed by atoms with E-state index in [-0.39, 0.29) is 32.0 Å². The topological polar surface area (TPSA) is 135 Å². The highest BCUT2D eigenvalue weighted by atomic mass is 19.1. The maximum Gasteiger partial charge on any atom is 0.414 e. The summed E-state index contributed by atoms with van der Waals surface area (Å²) in [5.41, 5.74) is 2.26. The number of anilines is 2. The lowest BCUT2D eigenvalue weighted by Gasteiger charge is -2.21. The summed E-state index contributed by atoms with van der Waals surface area (Å²) in [6, 6.07) is 8.33. The molecule has 1 saturated heterocycles. The number of carbonyl (C=O) groups is 2. The largest absolute Gasteiger partial charge is 0.482 e. The number of pyridine rings is 2. The quantitative estimate of drug-likeness (QED) is 0.399. The molecule has 11 nitrogen and oxygen atoms in total. The number of rotatable bonds is 8. The number of benzene rings is 1. The second kappa shape index (κ2) is 9.91. The molecule has 1 unspecified atom stereocenters. The zero-order valence-electron chi connectivity index (χ0n) is 19.4. The number of carbonyl (C=O) groups excluding carboxylic acids is 2. The number of ether oxygens (including phenoxy) is 3. The fourth-order valence-corrected chi connectivity index (χ4v) is 4.14. The second-order valence-electron chi connectivity index (χ2n) is 8.39. The average molecular weight is 497 g/mol. The molecule has 0 bridgehead atoms. The number of nitrogens with one attached hydrogen (secondary N) is 2. The van der Waals surface area contributed by atoms with Gasteiger partial charge in [-0.2, -0.15) is 0 Å². The summed E-state index contributed by atoms with van der Waals surface area (Å²) < 4.78 is 30.3. The minimum atomic E-state index is -0.940. The molecule has 2 amide bonds. The van der Waals surface area contributed by atoms with Crippen molar-refractivity contribution in [2.45, 2.75) is 25.2 Å². The van der Waals surface area contributed by atoms with Crippen molar-refractivity contribution in [3.63, 3.8) is 0 Å². The lowest BCUT2D eigenvalue weighted by atomic mass is 10.1. The van der Waals surface area contributed by atoms with Gasteiger partial charge in [0.05, 0.1) is 37.2 Å². The molecule has 2 atom stereocenters. The summed E-state index contributed by atoms with van der Waals surface area (Å²) in [7, 11) is 1.48. The van der Waals surface area contributed by atoms with E-state index in [1.54, 1.807) is 30.3 Å². The van der Waals surface area contributed by atoms with Gasteiger partial charge in [0.25, 0.3) is 5.91 Å². The molecular formula is C24H24FN5O6. The first-order chi connectivity index (χ1) is 17.4. The summed E-state index contributed by atoms with van der Waals surface area (Å²) in [6.07, 6.45) is -0.871. The van der Waals surface area contributed by atoms with Crippen LogP contribution in [-0.4, -0.2) is 66.1 Å². The van der Waals surface area contributed by atoms with Crippen molar-refractivity contribution in [1.29, 1.82) is 0 Å². The molecule has 36 heavy (non-hydrogen) atoms. The van der Waals surface area contributed by atoms with Gasteiger partial charge in [-0.1, -0.05) is 0 Å². The van der Waals surface area contributed by atoms with Crippen LogP contribution in [0.4, 0.5) is 20.6 Å². The fraction of sp³-hybridized carbons (Fsp3) is 0.333. The Balaban J connectivity index is 1.17. The molecule has 4 heterocycles. The van der Waals surface area contributed by atoms with Crippen LogP contribution in [-0.2, 0) is 16.1 Å². The molecule has 3 N–H and O–H groups in total. The molecule has 2 aromatic heterocycles. The number of cyclic esters (lactones) is 1. The summed E-state index contributed by atoms with van der Waals surface area (Å²) in [5.74, 6) is 0.0935. The molecule has 0 saturated carbocycles. The lowest BCUT2D eigenvalue weighted by molar-refractivity contribution is -0.118. The number of amides is 2. The molecule has 3 aromatic rings. The molecule has 0 spiro atoms. The van der Waals surface area contributed by atoms with Crippen molar-refractivity contribution < 1.29 is 33.3 Å². The molecule has 188 valence electrons. The first-order valence-electron chi connectivity index (χ1n) is 11.3. The number of hydrogen-bond donors (Lipinski definition) is 3. The van der Waals surface area contributed by atoms with Crippen LogP contribution in [0.5, 0.6) is 11.6 Å². The zero-order valence-corrected chi connectivity index (χ0v) is 19.4. The first kappa shape index (κ1) is 23.7. The van der Waals surface area contributed by atoms with Crippen LogP contribution in [0.2, 0.25) is 0 Å². The van der Waals surface area contributed by atoms with Gasteiger partial charge < -0.3 is 30.0 Å². The Morgan fingerprint density at radius 2 is 2.19 bits per heavy atom. The number of nitrogens with zero attached hydrogens (tertiary/aromatic N) is 3. The number of methoxy groups -OCH3 is 1. The number of aliphatic hydroxyl groups is 1. The molecule has 0 aliphatic carbocycles. The van der Waals surface area contributed by atoms with Crippen LogP contribution in [0, 0.1) is 5.82 Å². The van der Waals surface area contributed by atoms with Crippen LogP contribution in [0.1, 0.15) is 12.0 Å². The van der Waals surface area contributed by atoms with Crippen molar-refractivity contribution >= 4 is 34.4 Å². The number of aliphatic hydroxyl groups excluding tert-OH is 1. The minimum Gasteiger partial charge on any atom is -0.482 e. The van der Waals surface area contributed by atoms with E-state index in [1.807, 2.05) is 0 Å². The number of fused-ring (bicyclic) bond motifs is 2. The van der Waals surface area contributed by atoms with E-state index < -0.39 is 24.1 Å². The summed E-state index contributed by atoms with van der Waals surface area (Å²) in [5, 5.41) is 16.4. The third kappa shape index (κ3) is 4.72. The van der Waals surface area contributed by atoms with Gasteiger partial charge in [0.2, 0.25) is 5.88 Å². The van der Waals surface area contributed by atoms with Gasteiger partial charge in [0, 0.05) is 23.9 Å². The van der Waals surface area contributed by atoms with Crippen molar-refractivity contribution in [2.24, 2.45) is 0 Å². The summed E-state index contributed by atoms with van der Waals surface area (Å²) >= 11 is 0. The predicted octanol–water partition coefficient (Wildman–Crippen LogP) is 1.97. The summed E-state index contributed by atoms with van der Waals surface area (Å²) in [6.45, 7) is 0.581. The predicted molar refractivity (Wildman–Crippen MR) is 127 cm³/mol. The van der Waals surface area contributed by atoms with E-state index in [2.05, 4.69) is 20.6 Å². The van der Waals surface area contributed by atoms with E-state index in [4.69, 9.17) is 14.2 Å². The van der Waals surface area contributed by atoms with Gasteiger partial charge in [-0.05, 0) is 37.2 Å². The van der Waals surface area contributed by atoms with Crippen molar-refractivity contribution in [3.05, 3.63) is 47.9 Å². The van der Waals surface area contributed by atoms with Crippen LogP contribution in [0.3, 0.4) is 0 Å². The Labute approximate surface area is 205 Å². The van der Waals surface area contributed by atoms with E-state index in [0.29, 0.717) is 46.1 Å². The highest BCUT2D eigenvalue weighted by Gasteiger charge is 2.37. The second-order valence-corrected chi connectivity index (χ2v) is 8.39. The maximum atomic E-state index is 14.4. The third-order valence-electron chi connectivity index (χ3n) is 6.04. The van der Waals surface area contributed by atoms with Gasteiger partial charge in [0.1, 0.15) is 23.2 Å². The van der Waals surface area contributed by atoms with Gasteiger partial charge in [-0.3, -0.25) is 14.7 Å². The minimum absolute atomic E-state index is 0.0604. The van der Waals surface area contributed by atoms with E-state index in [0.717, 1.165) is 6.20 Å². The van der Waals surface area contributed by atoms with Gasteiger partial charge in [-0.25, -0.2) is 14.2 Å². The maximum absolute atomic E-state index is 14.4. The van der Waals surface area contributed by atoms with E-state index in [9.17, 15) is 19.1 Å². The Morgan fingerprint density at radius 3 is 3.03 bits per heavy atom. The number of aromatic nitrogens is 2. The third-order valence-corrected chi connectivity index (χ3v) is 6.04. The Kier molecular flexibility index (Phi) is 6.53. The molecular weight excluding hydrogens is 473 g/mol. The first-order valence-corrected chi connectivity index (χ1v) is 11.3. The van der Waals surface area contributed by atoms with Crippen molar-refractivity contribution in [1.82, 2.24) is 15.3 Å². The Bertz CT molecular complexity index is 1320. The molecule has 2 aliphatic rings. The van der Waals surface area contributed by atoms with Crippen LogP contribution < -0.4 is 25.0 Å². The molecule has 2 aliphatic heterocycles. The molecule has 12 heteroatoms. The van der Waals surface area contributed by atoms with Gasteiger partial charge in [0.15, 0.2) is 6.61 Å². The van der Waals surface area contributed by atoms with E-state index in [1.165, 1.54) is 12.0 Å². The smallest absolute Gasteiger partial charge is 0.414 e. The number of hydrogen-bond acceptors (Lipinski definition) is 9. The van der Waals surface area contributed by atoms with Gasteiger partial charge in [-0.15, -0.1) is 0 Å². The number of halogens is 1. The summed E-state index contributed by atoms with van der Waals surface area (Å²) in [4.78, 5) is 33.8. The molecule has 1 fully saturated rings. The van der Waals surface area contributed by atoms with Crippen LogP contribution in [0.15, 0.2) is 36.5 Å². The monoisotopic (exact) mass is 497 g/mol. The van der Waals surface area contributed by atoms with Crippen molar-refractivity contribution in [3.8, 4) is 11.6 Å². The van der Waals surface area contributed by atoms with Crippen LogP contribution in [0.25, 0.3) is 11.0 Å². The zero-order chi connectivity index (χ0) is 25.2. The average Bonchev–Trinajstić information content (AvgIpc) is 3.28. The Morgan fingerprint density at radius 1 is 1.33 bits per heavy atom. The highest BCUT2D eigenvalue weighted by Crippen LogP contribution is 2.34. The molecule has 5 rings (SSSR count).